The zero-order valence-corrected chi connectivity index (χ0v) is 22.4. The normalized spacial score (nSPS) is 20.9. The van der Waals surface area contributed by atoms with Crippen LogP contribution in [-0.2, 0) is 23.9 Å². The van der Waals surface area contributed by atoms with E-state index >= 15 is 0 Å². The monoisotopic (exact) mass is 542 g/mol. The standard InChI is InChI=1S/C26H30N4O7S/c1-4-20-22(25(33)36-3)23(16-8-6-10-18(12-16)30(34)35)29-19(15-38-26(29)27-20)13-21(31)28-11-7-9-17(14-28)24(32)37-5-2/h6,8,10,12,15,17,23H,4-5,7,9,11,13-14H2,1-3H3/t17-,23-/m0/s1. The van der Waals surface area contributed by atoms with Crippen molar-refractivity contribution in [2.24, 2.45) is 10.9 Å². The van der Waals surface area contributed by atoms with E-state index < -0.39 is 16.9 Å². The summed E-state index contributed by atoms with van der Waals surface area (Å²) in [5, 5.41) is 13.9. The fraction of sp³-hybridized carbons (Fsp3) is 0.462. The number of fused-ring (bicyclic) bond motifs is 1. The number of non-ortho nitro benzene ring substituents is 1. The van der Waals surface area contributed by atoms with Crippen LogP contribution in [0.1, 0.15) is 51.1 Å². The molecular formula is C26H30N4O7S. The largest absolute Gasteiger partial charge is 0.466 e. The van der Waals surface area contributed by atoms with Crippen LogP contribution in [0.15, 0.2) is 51.6 Å². The molecular weight excluding hydrogens is 512 g/mol. The maximum Gasteiger partial charge on any atom is 0.338 e. The molecule has 1 aromatic carbocycles. The molecule has 2 atom stereocenters. The number of hydrogen-bond acceptors (Lipinski definition) is 10. The van der Waals surface area contributed by atoms with Gasteiger partial charge in [-0.15, -0.1) is 0 Å². The fourth-order valence-electron chi connectivity index (χ4n) is 4.96. The first-order chi connectivity index (χ1) is 18.3. The van der Waals surface area contributed by atoms with Crippen molar-refractivity contribution in [2.75, 3.05) is 26.8 Å². The quantitative estimate of drug-likeness (QED) is 0.272. The van der Waals surface area contributed by atoms with Gasteiger partial charge < -0.3 is 19.3 Å². The number of carbonyl (C=O) groups is 3. The molecule has 1 saturated heterocycles. The van der Waals surface area contributed by atoms with Crippen molar-refractivity contribution >= 4 is 40.5 Å². The van der Waals surface area contributed by atoms with Crippen molar-refractivity contribution in [3.63, 3.8) is 0 Å². The highest BCUT2D eigenvalue weighted by Crippen LogP contribution is 2.46. The summed E-state index contributed by atoms with van der Waals surface area (Å²) < 4.78 is 10.2. The SMILES string of the molecule is CCOC(=O)[C@H]1CCCN(C(=O)CC2=CSC3=NC(CC)=C(C(=O)OC)[C@H](c4cccc([N+](=O)[O-])c4)N23)C1. The molecule has 11 nitrogen and oxygen atoms in total. The van der Waals surface area contributed by atoms with Gasteiger partial charge in [0.05, 0.1) is 48.3 Å². The number of aliphatic imine (C=N–C) groups is 1. The number of nitro benzene ring substituents is 1. The summed E-state index contributed by atoms with van der Waals surface area (Å²) in [4.78, 5) is 57.8. The minimum atomic E-state index is -0.757. The molecule has 0 N–H and O–H groups in total. The molecule has 3 aliphatic heterocycles. The van der Waals surface area contributed by atoms with Crippen LogP contribution in [0.4, 0.5) is 5.69 Å². The molecule has 1 amide bonds. The number of piperidine rings is 1. The third-order valence-corrected chi connectivity index (χ3v) is 7.64. The van der Waals surface area contributed by atoms with E-state index in [1.54, 1.807) is 28.9 Å². The van der Waals surface area contributed by atoms with E-state index in [0.717, 1.165) is 0 Å². The van der Waals surface area contributed by atoms with Crippen LogP contribution in [0, 0.1) is 16.0 Å². The summed E-state index contributed by atoms with van der Waals surface area (Å²) in [6.07, 6.45) is 1.84. The molecule has 3 aliphatic rings. The van der Waals surface area contributed by atoms with Crippen LogP contribution < -0.4 is 0 Å². The molecule has 0 saturated carbocycles. The Morgan fingerprint density at radius 1 is 1.26 bits per heavy atom. The third-order valence-electron chi connectivity index (χ3n) is 6.75. The number of methoxy groups -OCH3 is 1. The molecule has 1 fully saturated rings. The number of amidine groups is 1. The van der Waals surface area contributed by atoms with Gasteiger partial charge in [-0.25, -0.2) is 9.79 Å². The molecule has 0 aliphatic carbocycles. The van der Waals surface area contributed by atoms with Crippen molar-refractivity contribution in [1.29, 1.82) is 0 Å². The number of esters is 2. The topological polar surface area (TPSA) is 132 Å². The van der Waals surface area contributed by atoms with Gasteiger partial charge in [0.2, 0.25) is 5.91 Å². The van der Waals surface area contributed by atoms with Crippen LogP contribution in [-0.4, -0.2) is 64.5 Å². The van der Waals surface area contributed by atoms with Gasteiger partial charge in [-0.3, -0.25) is 19.7 Å². The van der Waals surface area contributed by atoms with Crippen molar-refractivity contribution in [1.82, 2.24) is 9.80 Å². The molecule has 0 spiro atoms. The molecule has 0 aromatic heterocycles. The van der Waals surface area contributed by atoms with Crippen molar-refractivity contribution in [2.45, 2.75) is 45.6 Å². The highest BCUT2D eigenvalue weighted by atomic mass is 32.2. The maximum atomic E-state index is 13.4. The van der Waals surface area contributed by atoms with Gasteiger partial charge in [0.25, 0.3) is 5.69 Å². The molecule has 3 heterocycles. The van der Waals surface area contributed by atoms with Gasteiger partial charge >= 0.3 is 11.9 Å². The van der Waals surface area contributed by atoms with Crippen LogP contribution in [0.25, 0.3) is 0 Å². The van der Waals surface area contributed by atoms with E-state index in [1.807, 2.05) is 12.3 Å². The predicted octanol–water partition coefficient (Wildman–Crippen LogP) is 3.92. The highest BCUT2D eigenvalue weighted by molar-refractivity contribution is 8.16. The molecule has 38 heavy (non-hydrogen) atoms. The Hall–Kier alpha value is -3.67. The van der Waals surface area contributed by atoms with E-state index in [-0.39, 0.29) is 35.5 Å². The summed E-state index contributed by atoms with van der Waals surface area (Å²) in [5.74, 6) is -1.39. The molecule has 0 unspecified atom stereocenters. The zero-order chi connectivity index (χ0) is 27.4. The zero-order valence-electron chi connectivity index (χ0n) is 21.5. The lowest BCUT2D eigenvalue weighted by Gasteiger charge is -2.37. The first-order valence-corrected chi connectivity index (χ1v) is 13.4. The van der Waals surface area contributed by atoms with Gasteiger partial charge in [0.1, 0.15) is 0 Å². The number of thioether (sulfide) groups is 1. The molecule has 4 rings (SSSR count). The Morgan fingerprint density at radius 2 is 2.05 bits per heavy atom. The van der Waals surface area contributed by atoms with Crippen molar-refractivity contribution in [3.05, 3.63) is 62.3 Å². The smallest absolute Gasteiger partial charge is 0.338 e. The van der Waals surface area contributed by atoms with Crippen LogP contribution in [0.5, 0.6) is 0 Å². The second-order valence-corrected chi connectivity index (χ2v) is 9.90. The van der Waals surface area contributed by atoms with Crippen LogP contribution >= 0.6 is 11.8 Å². The third kappa shape index (κ3) is 5.45. The lowest BCUT2D eigenvalue weighted by atomic mass is 9.92. The Bertz CT molecular complexity index is 1240. The number of benzene rings is 1. The predicted molar refractivity (Wildman–Crippen MR) is 141 cm³/mol. The minimum absolute atomic E-state index is 0.0168. The summed E-state index contributed by atoms with van der Waals surface area (Å²) in [6.45, 7) is 4.75. The summed E-state index contributed by atoms with van der Waals surface area (Å²) in [5.41, 5.74) is 1.83. The first kappa shape index (κ1) is 27.4. The number of likely N-dealkylation sites (tertiary alicyclic amines) is 1. The highest BCUT2D eigenvalue weighted by Gasteiger charge is 2.42. The fourth-order valence-corrected chi connectivity index (χ4v) is 5.90. The Balaban J connectivity index is 1.66. The number of carbonyl (C=O) groups excluding carboxylic acids is 3. The number of allylic oxidation sites excluding steroid dienone is 1. The summed E-state index contributed by atoms with van der Waals surface area (Å²) in [7, 11) is 1.28. The van der Waals surface area contributed by atoms with Crippen molar-refractivity contribution in [3.8, 4) is 0 Å². The summed E-state index contributed by atoms with van der Waals surface area (Å²) in [6, 6.07) is 5.35. The number of ether oxygens (including phenoxy) is 2. The molecule has 0 radical (unpaired) electrons. The number of hydrogen-bond donors (Lipinski definition) is 0. The minimum Gasteiger partial charge on any atom is -0.466 e. The lowest BCUT2D eigenvalue weighted by Crippen LogP contribution is -2.44. The van der Waals surface area contributed by atoms with Crippen LogP contribution in [0.3, 0.4) is 0 Å². The molecule has 0 bridgehead atoms. The van der Waals surface area contributed by atoms with Gasteiger partial charge in [-0.1, -0.05) is 30.8 Å². The second-order valence-electron chi connectivity index (χ2n) is 9.06. The number of rotatable bonds is 8. The van der Waals surface area contributed by atoms with Crippen molar-refractivity contribution < 1.29 is 28.8 Å². The van der Waals surface area contributed by atoms with E-state index in [9.17, 15) is 24.5 Å². The second kappa shape index (κ2) is 11.8. The molecule has 12 heteroatoms. The first-order valence-electron chi connectivity index (χ1n) is 12.5. The van der Waals surface area contributed by atoms with Gasteiger partial charge in [-0.2, -0.15) is 0 Å². The average Bonchev–Trinajstić information content (AvgIpc) is 3.33. The average molecular weight is 543 g/mol. The van der Waals surface area contributed by atoms with E-state index in [4.69, 9.17) is 9.47 Å². The molecule has 1 aromatic rings. The van der Waals surface area contributed by atoms with Gasteiger partial charge in [-0.05, 0) is 37.2 Å². The van der Waals surface area contributed by atoms with E-state index in [1.165, 1.54) is 31.0 Å². The summed E-state index contributed by atoms with van der Waals surface area (Å²) >= 11 is 1.33. The number of nitro groups is 1. The van der Waals surface area contributed by atoms with Gasteiger partial charge in [0, 0.05) is 30.9 Å². The molecule has 202 valence electrons. The Morgan fingerprint density at radius 3 is 2.74 bits per heavy atom. The van der Waals surface area contributed by atoms with Gasteiger partial charge in [0.15, 0.2) is 5.17 Å². The Labute approximate surface area is 224 Å². The van der Waals surface area contributed by atoms with E-state index in [0.29, 0.717) is 61.1 Å². The van der Waals surface area contributed by atoms with Crippen LogP contribution in [0.2, 0.25) is 0 Å². The van der Waals surface area contributed by atoms with E-state index in [2.05, 4.69) is 4.99 Å². The number of amides is 1. The maximum absolute atomic E-state index is 13.4. The lowest BCUT2D eigenvalue weighted by molar-refractivity contribution is -0.384. The number of nitrogens with zero attached hydrogens (tertiary/aromatic N) is 4. The Kier molecular flexibility index (Phi) is 8.50.